The quantitative estimate of drug-likeness (QED) is 0.699. The summed E-state index contributed by atoms with van der Waals surface area (Å²) in [6.07, 6.45) is 0.281. The van der Waals surface area contributed by atoms with Crippen LogP contribution in [0.5, 0.6) is 0 Å². The fraction of sp³-hybridized carbons (Fsp3) is 0.100. The number of carbonyl (C=O) groups excluding carboxylic acids is 2. The maximum atomic E-state index is 12.0. The zero-order valence-electron chi connectivity index (χ0n) is 14.1. The zero-order valence-corrected chi connectivity index (χ0v) is 14.1. The fourth-order valence-corrected chi connectivity index (χ4v) is 2.40. The Balaban J connectivity index is 1.61. The molecule has 0 aliphatic rings. The van der Waals surface area contributed by atoms with Gasteiger partial charge in [-0.25, -0.2) is 4.79 Å². The van der Waals surface area contributed by atoms with Gasteiger partial charge in [-0.2, -0.15) is 5.26 Å². The summed E-state index contributed by atoms with van der Waals surface area (Å²) in [5.74, 6) is -1.72. The number of ether oxygens (including phenoxy) is 1. The van der Waals surface area contributed by atoms with Crippen molar-refractivity contribution in [2.45, 2.75) is 6.42 Å². The van der Waals surface area contributed by atoms with Crippen molar-refractivity contribution in [3.05, 3.63) is 76.1 Å². The van der Waals surface area contributed by atoms with Gasteiger partial charge < -0.3 is 14.5 Å². The molecule has 0 atom stereocenters. The minimum absolute atomic E-state index is 0.263. The van der Waals surface area contributed by atoms with Crippen LogP contribution in [0.1, 0.15) is 16.1 Å². The topological polar surface area (TPSA) is 109 Å². The molecule has 134 valence electrons. The Hall–Kier alpha value is -3.92. The fourth-order valence-electron chi connectivity index (χ4n) is 2.40. The van der Waals surface area contributed by atoms with Crippen LogP contribution in [0.4, 0.5) is 5.69 Å². The highest BCUT2D eigenvalue weighted by atomic mass is 16.5. The Bertz CT molecular complexity index is 1090. The molecule has 0 aliphatic heterocycles. The third kappa shape index (κ3) is 4.38. The van der Waals surface area contributed by atoms with Gasteiger partial charge >= 0.3 is 5.97 Å². The molecule has 0 fully saturated rings. The molecule has 0 radical (unpaired) electrons. The van der Waals surface area contributed by atoms with E-state index in [1.54, 1.807) is 48.5 Å². The number of nitrogens with zero attached hydrogens (tertiary/aromatic N) is 1. The molecule has 0 saturated heterocycles. The SMILES string of the molecule is N#CCc1ccc(NC(=O)COC(=O)c2cc(=O)c3ccccc3o2)cc1. The minimum atomic E-state index is -0.905. The number of hydrogen-bond acceptors (Lipinski definition) is 6. The summed E-state index contributed by atoms with van der Waals surface area (Å²) in [6.45, 7) is -0.532. The van der Waals surface area contributed by atoms with Crippen molar-refractivity contribution in [3.63, 3.8) is 0 Å². The lowest BCUT2D eigenvalue weighted by Crippen LogP contribution is -2.21. The summed E-state index contributed by atoms with van der Waals surface area (Å²) in [6, 6.07) is 16.3. The van der Waals surface area contributed by atoms with Crippen molar-refractivity contribution >= 4 is 28.5 Å². The van der Waals surface area contributed by atoms with Gasteiger partial charge in [-0.05, 0) is 29.8 Å². The van der Waals surface area contributed by atoms with E-state index in [1.165, 1.54) is 0 Å². The molecule has 7 heteroatoms. The van der Waals surface area contributed by atoms with Crippen LogP contribution in [-0.2, 0) is 16.0 Å². The van der Waals surface area contributed by atoms with Crippen molar-refractivity contribution in [2.24, 2.45) is 0 Å². The number of para-hydroxylation sites is 1. The van der Waals surface area contributed by atoms with Gasteiger partial charge in [0.1, 0.15) is 5.58 Å². The number of benzene rings is 2. The Kier molecular flexibility index (Phi) is 5.28. The summed E-state index contributed by atoms with van der Waals surface area (Å²) in [5.41, 5.74) is 1.23. The van der Waals surface area contributed by atoms with Gasteiger partial charge in [0.2, 0.25) is 5.76 Å². The zero-order chi connectivity index (χ0) is 19.2. The molecule has 0 aliphatic carbocycles. The summed E-state index contributed by atoms with van der Waals surface area (Å²) < 4.78 is 10.3. The van der Waals surface area contributed by atoms with Crippen LogP contribution in [0.3, 0.4) is 0 Å². The maximum Gasteiger partial charge on any atom is 0.374 e. The number of carbonyl (C=O) groups is 2. The van der Waals surface area contributed by atoms with E-state index in [2.05, 4.69) is 5.32 Å². The van der Waals surface area contributed by atoms with Crippen LogP contribution in [0.2, 0.25) is 0 Å². The summed E-state index contributed by atoms with van der Waals surface area (Å²) in [7, 11) is 0. The lowest BCUT2D eigenvalue weighted by atomic mass is 10.1. The average molecular weight is 362 g/mol. The molecular weight excluding hydrogens is 348 g/mol. The lowest BCUT2D eigenvalue weighted by Gasteiger charge is -2.07. The number of nitriles is 1. The first-order valence-corrected chi connectivity index (χ1v) is 8.02. The van der Waals surface area contributed by atoms with Crippen LogP contribution < -0.4 is 10.7 Å². The summed E-state index contributed by atoms with van der Waals surface area (Å²) in [5, 5.41) is 11.6. The van der Waals surface area contributed by atoms with E-state index in [0.29, 0.717) is 11.1 Å². The third-order valence-electron chi connectivity index (χ3n) is 3.69. The molecule has 1 aromatic heterocycles. The molecular formula is C20H14N2O5. The Morgan fingerprint density at radius 1 is 1.11 bits per heavy atom. The van der Waals surface area contributed by atoms with Gasteiger partial charge in [0.25, 0.3) is 5.91 Å². The van der Waals surface area contributed by atoms with E-state index < -0.39 is 18.5 Å². The number of esters is 1. The second-order valence-corrected chi connectivity index (χ2v) is 5.63. The Morgan fingerprint density at radius 3 is 2.59 bits per heavy atom. The highest BCUT2D eigenvalue weighted by Crippen LogP contribution is 2.13. The highest BCUT2D eigenvalue weighted by molar-refractivity contribution is 5.95. The van der Waals surface area contributed by atoms with E-state index in [4.69, 9.17) is 14.4 Å². The standard InChI is InChI=1S/C20H14N2O5/c21-10-9-13-5-7-14(8-6-13)22-19(24)12-26-20(25)18-11-16(23)15-3-1-2-4-17(15)27-18/h1-8,11H,9,12H2,(H,22,24). The molecule has 27 heavy (non-hydrogen) atoms. The largest absolute Gasteiger partial charge is 0.450 e. The number of amides is 1. The van der Waals surface area contributed by atoms with E-state index in [0.717, 1.165) is 11.6 Å². The average Bonchev–Trinajstić information content (AvgIpc) is 2.68. The molecule has 3 aromatic rings. The van der Waals surface area contributed by atoms with Crippen LogP contribution in [-0.4, -0.2) is 18.5 Å². The van der Waals surface area contributed by atoms with E-state index in [-0.39, 0.29) is 23.2 Å². The number of hydrogen-bond donors (Lipinski definition) is 1. The molecule has 0 saturated carbocycles. The Morgan fingerprint density at radius 2 is 1.85 bits per heavy atom. The number of rotatable bonds is 5. The van der Waals surface area contributed by atoms with Crippen molar-refractivity contribution < 1.29 is 18.7 Å². The first kappa shape index (κ1) is 17.9. The van der Waals surface area contributed by atoms with Crippen LogP contribution >= 0.6 is 0 Å². The van der Waals surface area contributed by atoms with Crippen LogP contribution in [0.25, 0.3) is 11.0 Å². The number of fused-ring (bicyclic) bond motifs is 1. The van der Waals surface area contributed by atoms with Crippen molar-refractivity contribution in [1.82, 2.24) is 0 Å². The van der Waals surface area contributed by atoms with Gasteiger partial charge in [0.05, 0.1) is 17.9 Å². The van der Waals surface area contributed by atoms with E-state index in [1.807, 2.05) is 6.07 Å². The first-order valence-electron chi connectivity index (χ1n) is 8.02. The molecule has 1 heterocycles. The highest BCUT2D eigenvalue weighted by Gasteiger charge is 2.15. The molecule has 2 aromatic carbocycles. The Labute approximate surface area is 153 Å². The second kappa shape index (κ2) is 7.97. The molecule has 1 N–H and O–H groups in total. The van der Waals surface area contributed by atoms with Gasteiger partial charge in [0.15, 0.2) is 12.0 Å². The normalized spacial score (nSPS) is 10.2. The van der Waals surface area contributed by atoms with Crippen molar-refractivity contribution in [2.75, 3.05) is 11.9 Å². The van der Waals surface area contributed by atoms with E-state index in [9.17, 15) is 14.4 Å². The summed E-state index contributed by atoms with van der Waals surface area (Å²) in [4.78, 5) is 35.9. The molecule has 1 amide bonds. The summed E-state index contributed by atoms with van der Waals surface area (Å²) >= 11 is 0. The smallest absolute Gasteiger partial charge is 0.374 e. The number of anilines is 1. The molecule has 7 nitrogen and oxygen atoms in total. The van der Waals surface area contributed by atoms with Crippen molar-refractivity contribution in [3.8, 4) is 6.07 Å². The first-order chi connectivity index (χ1) is 13.1. The predicted octanol–water partition coefficient (Wildman–Crippen LogP) is 2.65. The van der Waals surface area contributed by atoms with Gasteiger partial charge in [0, 0.05) is 11.8 Å². The molecule has 0 unspecified atom stereocenters. The van der Waals surface area contributed by atoms with Crippen molar-refractivity contribution in [1.29, 1.82) is 5.26 Å². The lowest BCUT2D eigenvalue weighted by molar-refractivity contribution is -0.119. The number of nitrogens with one attached hydrogen (secondary N) is 1. The van der Waals surface area contributed by atoms with Crippen LogP contribution in [0, 0.1) is 11.3 Å². The van der Waals surface area contributed by atoms with Gasteiger partial charge in [-0.1, -0.05) is 24.3 Å². The third-order valence-corrected chi connectivity index (χ3v) is 3.69. The minimum Gasteiger partial charge on any atom is -0.450 e. The predicted molar refractivity (Wildman–Crippen MR) is 97.2 cm³/mol. The van der Waals surface area contributed by atoms with Gasteiger partial charge in [-0.15, -0.1) is 0 Å². The van der Waals surface area contributed by atoms with Gasteiger partial charge in [-0.3, -0.25) is 9.59 Å². The molecule has 3 rings (SSSR count). The maximum absolute atomic E-state index is 12.0. The molecule has 0 bridgehead atoms. The van der Waals surface area contributed by atoms with Crippen LogP contribution in [0.15, 0.2) is 63.8 Å². The van der Waals surface area contributed by atoms with E-state index >= 15 is 0 Å². The monoisotopic (exact) mass is 362 g/mol. The second-order valence-electron chi connectivity index (χ2n) is 5.63. The molecule has 0 spiro atoms.